The molecule has 4 rings (SSSR count). The fraction of sp³-hybridized carbons (Fsp3) is 0.333. The molecular weight excluding hydrogens is 286 g/mol. The standard InChI is InChI=1S/C15H15N3O2S/c1-10-11-5-8-21-13(11)4-6-18(10)9-14-16-15(17-20-14)12-3-2-7-19-12/h2-3,5,7-8,10H,4,6,9H2,1H3. The lowest BCUT2D eigenvalue weighted by molar-refractivity contribution is 0.167. The first-order valence-corrected chi connectivity index (χ1v) is 7.86. The highest BCUT2D eigenvalue weighted by molar-refractivity contribution is 7.10. The molecule has 0 aromatic carbocycles. The van der Waals surface area contributed by atoms with Gasteiger partial charge in [0.1, 0.15) is 0 Å². The third-order valence-electron chi connectivity index (χ3n) is 3.95. The number of hydrogen-bond acceptors (Lipinski definition) is 6. The third kappa shape index (κ3) is 2.30. The highest BCUT2D eigenvalue weighted by atomic mass is 32.1. The van der Waals surface area contributed by atoms with Gasteiger partial charge in [-0.3, -0.25) is 4.90 Å². The number of nitrogens with zero attached hydrogens (tertiary/aromatic N) is 3. The average molecular weight is 301 g/mol. The van der Waals surface area contributed by atoms with Crippen molar-refractivity contribution in [2.45, 2.75) is 25.9 Å². The molecule has 1 unspecified atom stereocenters. The molecule has 0 saturated heterocycles. The molecular formula is C15H15N3O2S. The Morgan fingerprint density at radius 3 is 3.24 bits per heavy atom. The van der Waals surface area contributed by atoms with E-state index in [1.807, 2.05) is 23.5 Å². The minimum absolute atomic E-state index is 0.388. The minimum atomic E-state index is 0.388. The van der Waals surface area contributed by atoms with Crippen LogP contribution < -0.4 is 0 Å². The topological polar surface area (TPSA) is 55.3 Å². The molecule has 1 atom stereocenters. The summed E-state index contributed by atoms with van der Waals surface area (Å²) in [7, 11) is 0. The van der Waals surface area contributed by atoms with Crippen LogP contribution in [0, 0.1) is 0 Å². The maximum atomic E-state index is 5.35. The van der Waals surface area contributed by atoms with Gasteiger partial charge in [-0.1, -0.05) is 5.16 Å². The van der Waals surface area contributed by atoms with Crippen LogP contribution in [-0.4, -0.2) is 21.6 Å². The SMILES string of the molecule is CC1c2ccsc2CCN1Cc1nc(-c2ccco2)no1. The van der Waals surface area contributed by atoms with E-state index in [2.05, 4.69) is 33.4 Å². The van der Waals surface area contributed by atoms with Gasteiger partial charge in [0.25, 0.3) is 0 Å². The molecule has 3 aromatic rings. The highest BCUT2D eigenvalue weighted by Crippen LogP contribution is 2.33. The molecule has 0 fully saturated rings. The summed E-state index contributed by atoms with van der Waals surface area (Å²) in [5.41, 5.74) is 1.43. The van der Waals surface area contributed by atoms with Crippen LogP contribution >= 0.6 is 11.3 Å². The van der Waals surface area contributed by atoms with Gasteiger partial charge < -0.3 is 8.94 Å². The van der Waals surface area contributed by atoms with Gasteiger partial charge in [-0.15, -0.1) is 11.3 Å². The first-order chi connectivity index (χ1) is 10.3. The number of hydrogen-bond donors (Lipinski definition) is 0. The molecule has 6 heteroatoms. The lowest BCUT2D eigenvalue weighted by Crippen LogP contribution is -2.32. The molecule has 5 nitrogen and oxygen atoms in total. The Morgan fingerprint density at radius 2 is 2.38 bits per heavy atom. The molecule has 0 bridgehead atoms. The second-order valence-electron chi connectivity index (χ2n) is 5.18. The first-order valence-electron chi connectivity index (χ1n) is 6.98. The van der Waals surface area contributed by atoms with Crippen molar-refractivity contribution in [3.8, 4) is 11.6 Å². The zero-order chi connectivity index (χ0) is 14.2. The maximum absolute atomic E-state index is 5.35. The second kappa shape index (κ2) is 5.13. The van der Waals surface area contributed by atoms with Crippen LogP contribution in [0.2, 0.25) is 0 Å². The number of thiophene rings is 1. The normalized spacial score (nSPS) is 18.8. The van der Waals surface area contributed by atoms with Crippen molar-refractivity contribution >= 4 is 11.3 Å². The van der Waals surface area contributed by atoms with E-state index in [-0.39, 0.29) is 0 Å². The predicted octanol–water partition coefficient (Wildman–Crippen LogP) is 3.51. The van der Waals surface area contributed by atoms with Crippen molar-refractivity contribution in [2.24, 2.45) is 0 Å². The molecule has 0 saturated carbocycles. The van der Waals surface area contributed by atoms with E-state index in [0.29, 0.717) is 30.1 Å². The fourth-order valence-electron chi connectivity index (χ4n) is 2.78. The van der Waals surface area contributed by atoms with Crippen molar-refractivity contribution in [3.63, 3.8) is 0 Å². The van der Waals surface area contributed by atoms with E-state index < -0.39 is 0 Å². The summed E-state index contributed by atoms with van der Waals surface area (Å²) < 4.78 is 10.6. The minimum Gasteiger partial charge on any atom is -0.461 e. The van der Waals surface area contributed by atoms with Gasteiger partial charge in [0.15, 0.2) is 5.76 Å². The second-order valence-corrected chi connectivity index (χ2v) is 6.19. The lowest BCUT2D eigenvalue weighted by atomic mass is 10.0. The van der Waals surface area contributed by atoms with E-state index >= 15 is 0 Å². The average Bonchev–Trinajstić information content (AvgIpc) is 3.21. The van der Waals surface area contributed by atoms with E-state index in [0.717, 1.165) is 13.0 Å². The Bertz CT molecular complexity index is 732. The summed E-state index contributed by atoms with van der Waals surface area (Å²) in [5, 5.41) is 6.15. The van der Waals surface area contributed by atoms with Gasteiger partial charge >= 0.3 is 0 Å². The zero-order valence-corrected chi connectivity index (χ0v) is 12.5. The van der Waals surface area contributed by atoms with Gasteiger partial charge in [0, 0.05) is 17.5 Å². The smallest absolute Gasteiger partial charge is 0.241 e. The maximum Gasteiger partial charge on any atom is 0.241 e. The van der Waals surface area contributed by atoms with Gasteiger partial charge in [-0.25, -0.2) is 0 Å². The Balaban J connectivity index is 1.52. The summed E-state index contributed by atoms with van der Waals surface area (Å²) in [6.45, 7) is 3.92. The number of aromatic nitrogens is 2. The molecule has 4 heterocycles. The highest BCUT2D eigenvalue weighted by Gasteiger charge is 2.26. The van der Waals surface area contributed by atoms with Crippen molar-refractivity contribution in [2.75, 3.05) is 6.54 Å². The number of rotatable bonds is 3. The first kappa shape index (κ1) is 12.8. The van der Waals surface area contributed by atoms with Gasteiger partial charge in [0.2, 0.25) is 11.7 Å². The molecule has 1 aliphatic rings. The zero-order valence-electron chi connectivity index (χ0n) is 11.7. The summed E-state index contributed by atoms with van der Waals surface area (Å²) in [6, 6.07) is 6.25. The largest absolute Gasteiger partial charge is 0.461 e. The lowest BCUT2D eigenvalue weighted by Gasteiger charge is -2.32. The van der Waals surface area contributed by atoms with E-state index in [1.54, 1.807) is 6.26 Å². The number of fused-ring (bicyclic) bond motifs is 1. The van der Waals surface area contributed by atoms with Crippen LogP contribution in [0.3, 0.4) is 0 Å². The Hall–Kier alpha value is -1.92. The molecule has 0 N–H and O–H groups in total. The summed E-state index contributed by atoms with van der Waals surface area (Å²) in [4.78, 5) is 8.28. The van der Waals surface area contributed by atoms with Crippen LogP contribution in [0.25, 0.3) is 11.6 Å². The Morgan fingerprint density at radius 1 is 1.43 bits per heavy atom. The van der Waals surface area contributed by atoms with Crippen molar-refractivity contribution in [3.05, 3.63) is 46.2 Å². The number of furan rings is 1. The molecule has 0 radical (unpaired) electrons. The molecule has 3 aromatic heterocycles. The van der Waals surface area contributed by atoms with Gasteiger partial charge in [-0.05, 0) is 42.5 Å². The molecule has 1 aliphatic heterocycles. The molecule has 21 heavy (non-hydrogen) atoms. The van der Waals surface area contributed by atoms with Crippen LogP contribution in [0.5, 0.6) is 0 Å². The van der Waals surface area contributed by atoms with Crippen LogP contribution in [0.1, 0.15) is 29.3 Å². The van der Waals surface area contributed by atoms with Crippen LogP contribution in [0.4, 0.5) is 0 Å². The monoisotopic (exact) mass is 301 g/mol. The van der Waals surface area contributed by atoms with E-state index in [1.165, 1.54) is 10.4 Å². The van der Waals surface area contributed by atoms with Crippen molar-refractivity contribution in [1.82, 2.24) is 15.0 Å². The third-order valence-corrected chi connectivity index (χ3v) is 4.95. The fourth-order valence-corrected chi connectivity index (χ4v) is 3.74. The van der Waals surface area contributed by atoms with Crippen LogP contribution in [0.15, 0.2) is 38.8 Å². The van der Waals surface area contributed by atoms with Gasteiger partial charge in [-0.2, -0.15) is 4.98 Å². The molecule has 108 valence electrons. The van der Waals surface area contributed by atoms with Crippen molar-refractivity contribution < 1.29 is 8.94 Å². The van der Waals surface area contributed by atoms with Gasteiger partial charge in [0.05, 0.1) is 12.8 Å². The predicted molar refractivity (Wildman–Crippen MR) is 78.8 cm³/mol. The van der Waals surface area contributed by atoms with E-state index in [4.69, 9.17) is 8.94 Å². The summed E-state index contributed by atoms with van der Waals surface area (Å²) in [6.07, 6.45) is 2.70. The Labute approximate surface area is 126 Å². The molecule has 0 spiro atoms. The Kier molecular flexibility index (Phi) is 3.12. The van der Waals surface area contributed by atoms with E-state index in [9.17, 15) is 0 Å². The molecule has 0 amide bonds. The summed E-state index contributed by atoms with van der Waals surface area (Å²) in [5.74, 6) is 1.78. The summed E-state index contributed by atoms with van der Waals surface area (Å²) >= 11 is 1.85. The van der Waals surface area contributed by atoms with Crippen molar-refractivity contribution in [1.29, 1.82) is 0 Å². The molecule has 0 aliphatic carbocycles. The quantitative estimate of drug-likeness (QED) is 0.741. The van der Waals surface area contributed by atoms with Crippen LogP contribution in [-0.2, 0) is 13.0 Å².